The Kier molecular flexibility index (Phi) is 9.58. The number of amides is 2. The Balaban J connectivity index is 1.21. The molecule has 0 fully saturated rings. The van der Waals surface area contributed by atoms with E-state index in [1.54, 1.807) is 37.4 Å². The molecule has 2 heterocycles. The molecule has 0 aliphatic carbocycles. The number of esters is 1. The van der Waals surface area contributed by atoms with E-state index >= 15 is 0 Å². The van der Waals surface area contributed by atoms with Crippen LogP contribution in [-0.4, -0.2) is 49.2 Å². The first-order valence-electron chi connectivity index (χ1n) is 13.4. The Labute approximate surface area is 253 Å². The molecule has 0 spiro atoms. The van der Waals surface area contributed by atoms with Crippen LogP contribution in [0.15, 0.2) is 83.8 Å². The van der Waals surface area contributed by atoms with Gasteiger partial charge in [0, 0.05) is 40.7 Å². The molecule has 2 amide bonds. The molecule has 0 atom stereocenters. The van der Waals surface area contributed by atoms with Gasteiger partial charge < -0.3 is 20.1 Å². The number of thiophene rings is 1. The van der Waals surface area contributed by atoms with Gasteiger partial charge in [0.25, 0.3) is 5.91 Å². The minimum Gasteiger partial charge on any atom is -0.497 e. The number of anilines is 2. The van der Waals surface area contributed by atoms with Crippen molar-refractivity contribution in [3.63, 3.8) is 0 Å². The third kappa shape index (κ3) is 7.20. The highest BCUT2D eigenvalue weighted by Gasteiger charge is 2.29. The molecule has 8 nitrogen and oxygen atoms in total. The summed E-state index contributed by atoms with van der Waals surface area (Å²) < 4.78 is 10.2. The first-order valence-corrected chi connectivity index (χ1v) is 15.2. The fourth-order valence-electron chi connectivity index (χ4n) is 4.76. The Morgan fingerprint density at radius 1 is 0.952 bits per heavy atom. The van der Waals surface area contributed by atoms with Crippen LogP contribution >= 0.6 is 23.1 Å². The van der Waals surface area contributed by atoms with Crippen LogP contribution in [0.5, 0.6) is 5.75 Å². The number of fused-ring (bicyclic) bond motifs is 1. The van der Waals surface area contributed by atoms with Crippen LogP contribution in [0.2, 0.25) is 0 Å². The van der Waals surface area contributed by atoms with E-state index in [9.17, 15) is 14.4 Å². The van der Waals surface area contributed by atoms with E-state index < -0.39 is 5.97 Å². The number of ether oxygens (including phenoxy) is 2. The fourth-order valence-corrected chi connectivity index (χ4v) is 6.81. The predicted molar refractivity (Wildman–Crippen MR) is 167 cm³/mol. The molecule has 3 aromatic carbocycles. The van der Waals surface area contributed by atoms with Crippen molar-refractivity contribution >= 4 is 51.6 Å². The van der Waals surface area contributed by atoms with E-state index in [2.05, 4.69) is 27.7 Å². The van der Waals surface area contributed by atoms with Gasteiger partial charge in [0.05, 0.1) is 25.5 Å². The second-order valence-corrected chi connectivity index (χ2v) is 11.8. The molecule has 10 heteroatoms. The molecular formula is C32H31N3O5S2. The molecule has 0 radical (unpaired) electrons. The molecule has 2 N–H and O–H groups in total. The van der Waals surface area contributed by atoms with Gasteiger partial charge in [-0.2, -0.15) is 0 Å². The highest BCUT2D eigenvalue weighted by molar-refractivity contribution is 8.00. The van der Waals surface area contributed by atoms with Crippen molar-refractivity contribution in [1.29, 1.82) is 0 Å². The second-order valence-electron chi connectivity index (χ2n) is 9.69. The molecule has 5 rings (SSSR count). The molecule has 1 aliphatic rings. The SMILES string of the molecule is COC(=O)c1c(NC(=O)CSc2cccc(NC(=O)c3ccc(OC)cc3)c2)sc2c1CCN(Cc1ccccc1)C2. The van der Waals surface area contributed by atoms with Gasteiger partial charge in [-0.25, -0.2) is 4.79 Å². The Hall–Kier alpha value is -4.12. The maximum Gasteiger partial charge on any atom is 0.341 e. The van der Waals surface area contributed by atoms with Gasteiger partial charge in [-0.05, 0) is 60.0 Å². The quantitative estimate of drug-likeness (QED) is 0.168. The van der Waals surface area contributed by atoms with E-state index in [-0.39, 0.29) is 17.6 Å². The van der Waals surface area contributed by atoms with Gasteiger partial charge in [0.1, 0.15) is 10.8 Å². The van der Waals surface area contributed by atoms with Gasteiger partial charge >= 0.3 is 5.97 Å². The lowest BCUT2D eigenvalue weighted by molar-refractivity contribution is -0.113. The zero-order valence-corrected chi connectivity index (χ0v) is 25.0. The number of hydrogen-bond donors (Lipinski definition) is 2. The van der Waals surface area contributed by atoms with Crippen molar-refractivity contribution in [1.82, 2.24) is 4.90 Å². The standard InChI is InChI=1S/C32H31N3O5S2/c1-39-24-13-11-22(12-14-24)30(37)33-23-9-6-10-25(17-23)41-20-28(36)34-31-29(32(38)40-2)26-15-16-35(19-27(26)42-31)18-21-7-4-3-5-8-21/h3-14,17H,15-16,18-20H2,1-2H3,(H,33,37)(H,34,36). The summed E-state index contributed by atoms with van der Waals surface area (Å²) in [5, 5.41) is 6.37. The Bertz CT molecular complexity index is 1570. The predicted octanol–water partition coefficient (Wildman–Crippen LogP) is 6.08. The number of thioether (sulfide) groups is 1. The van der Waals surface area contributed by atoms with Crippen molar-refractivity contribution in [3.05, 3.63) is 106 Å². The topological polar surface area (TPSA) is 97.0 Å². The van der Waals surface area contributed by atoms with Crippen LogP contribution < -0.4 is 15.4 Å². The van der Waals surface area contributed by atoms with Crippen LogP contribution in [0.1, 0.15) is 36.7 Å². The van der Waals surface area contributed by atoms with Crippen LogP contribution in [0.4, 0.5) is 10.7 Å². The normalized spacial score (nSPS) is 12.7. The molecule has 1 aromatic heterocycles. The number of methoxy groups -OCH3 is 2. The number of rotatable bonds is 10. The van der Waals surface area contributed by atoms with Crippen molar-refractivity contribution in [2.75, 3.05) is 37.2 Å². The van der Waals surface area contributed by atoms with Crippen LogP contribution in [-0.2, 0) is 29.0 Å². The van der Waals surface area contributed by atoms with Gasteiger partial charge in [-0.15, -0.1) is 23.1 Å². The third-order valence-corrected chi connectivity index (χ3v) is 8.97. The number of carbonyl (C=O) groups excluding carboxylic acids is 3. The zero-order valence-electron chi connectivity index (χ0n) is 23.3. The van der Waals surface area contributed by atoms with Crippen molar-refractivity contribution in [2.24, 2.45) is 0 Å². The summed E-state index contributed by atoms with van der Waals surface area (Å²) in [7, 11) is 2.93. The smallest absolute Gasteiger partial charge is 0.341 e. The summed E-state index contributed by atoms with van der Waals surface area (Å²) in [6.07, 6.45) is 0.711. The molecular weight excluding hydrogens is 571 g/mol. The molecule has 216 valence electrons. The maximum absolute atomic E-state index is 13.0. The lowest BCUT2D eigenvalue weighted by atomic mass is 10.0. The Morgan fingerprint density at radius 2 is 1.74 bits per heavy atom. The van der Waals surface area contributed by atoms with Gasteiger partial charge in [-0.1, -0.05) is 36.4 Å². The van der Waals surface area contributed by atoms with Gasteiger partial charge in [0.2, 0.25) is 5.91 Å². The van der Waals surface area contributed by atoms with E-state index in [1.165, 1.54) is 35.8 Å². The number of nitrogens with zero attached hydrogens (tertiary/aromatic N) is 1. The minimum absolute atomic E-state index is 0.138. The number of benzene rings is 3. The lowest BCUT2D eigenvalue weighted by Gasteiger charge is -2.27. The summed E-state index contributed by atoms with van der Waals surface area (Å²) in [5.41, 5.74) is 3.79. The van der Waals surface area contributed by atoms with E-state index in [0.717, 1.165) is 28.4 Å². The summed E-state index contributed by atoms with van der Waals surface area (Å²) in [6, 6.07) is 24.5. The van der Waals surface area contributed by atoms with Gasteiger partial charge in [-0.3, -0.25) is 14.5 Å². The maximum atomic E-state index is 13.0. The number of nitrogens with one attached hydrogen (secondary N) is 2. The lowest BCUT2D eigenvalue weighted by Crippen LogP contribution is -2.29. The molecule has 0 bridgehead atoms. The van der Waals surface area contributed by atoms with E-state index in [0.29, 0.717) is 40.5 Å². The average Bonchev–Trinajstić information content (AvgIpc) is 3.37. The number of carbonyl (C=O) groups is 3. The summed E-state index contributed by atoms with van der Waals surface area (Å²) in [5.74, 6) is -0.0875. The molecule has 0 unspecified atom stereocenters. The third-order valence-electron chi connectivity index (χ3n) is 6.84. The molecule has 0 saturated heterocycles. The monoisotopic (exact) mass is 601 g/mol. The second kappa shape index (κ2) is 13.7. The summed E-state index contributed by atoms with van der Waals surface area (Å²) >= 11 is 2.79. The summed E-state index contributed by atoms with van der Waals surface area (Å²) in [6.45, 7) is 2.35. The van der Waals surface area contributed by atoms with Crippen LogP contribution in [0, 0.1) is 0 Å². The molecule has 42 heavy (non-hydrogen) atoms. The fraction of sp³-hybridized carbons (Fsp3) is 0.219. The molecule has 0 saturated carbocycles. The van der Waals surface area contributed by atoms with Crippen LogP contribution in [0.25, 0.3) is 0 Å². The molecule has 1 aliphatic heterocycles. The average molecular weight is 602 g/mol. The first-order chi connectivity index (χ1) is 20.4. The minimum atomic E-state index is -0.438. The van der Waals surface area contributed by atoms with E-state index in [4.69, 9.17) is 9.47 Å². The zero-order chi connectivity index (χ0) is 29.5. The highest BCUT2D eigenvalue weighted by Crippen LogP contribution is 2.38. The van der Waals surface area contributed by atoms with Gasteiger partial charge in [0.15, 0.2) is 0 Å². The number of hydrogen-bond acceptors (Lipinski definition) is 8. The largest absolute Gasteiger partial charge is 0.497 e. The van der Waals surface area contributed by atoms with Crippen molar-refractivity contribution in [3.8, 4) is 5.75 Å². The van der Waals surface area contributed by atoms with E-state index in [1.807, 2.05) is 36.4 Å². The van der Waals surface area contributed by atoms with Crippen LogP contribution in [0.3, 0.4) is 0 Å². The molecule has 4 aromatic rings. The first kappa shape index (κ1) is 29.4. The van der Waals surface area contributed by atoms with Crippen molar-refractivity contribution in [2.45, 2.75) is 24.4 Å². The van der Waals surface area contributed by atoms with Crippen molar-refractivity contribution < 1.29 is 23.9 Å². The Morgan fingerprint density at radius 3 is 2.48 bits per heavy atom. The summed E-state index contributed by atoms with van der Waals surface area (Å²) in [4.78, 5) is 42.6. The highest BCUT2D eigenvalue weighted by atomic mass is 32.2.